The summed E-state index contributed by atoms with van der Waals surface area (Å²) >= 11 is 1.32. The van der Waals surface area contributed by atoms with E-state index >= 15 is 0 Å². The number of hydrogen-bond donors (Lipinski definition) is 0. The Balaban J connectivity index is 3.50. The number of benzene rings is 1. The van der Waals surface area contributed by atoms with E-state index in [-0.39, 0.29) is 10.8 Å². The Bertz CT molecular complexity index is 697. The monoisotopic (exact) mass is 492 g/mol. The number of nitrogens with zero attached hydrogens (tertiary/aromatic N) is 2. The Morgan fingerprint density at radius 2 is 1.91 bits per heavy atom. The molecule has 1 amide bonds. The molecule has 0 aliphatic carbocycles. The van der Waals surface area contributed by atoms with E-state index in [1.165, 1.54) is 38.3 Å². The molecule has 0 aliphatic heterocycles. The number of allylic oxidation sites excluding steroid dienone is 1. The fourth-order valence-corrected chi connectivity index (χ4v) is 3.05. The number of sulfonamides is 1. The minimum atomic E-state index is -3.54. The van der Waals surface area contributed by atoms with Crippen LogP contribution in [-0.2, 0) is 34.2 Å². The first-order valence-corrected chi connectivity index (χ1v) is 9.84. The van der Waals surface area contributed by atoms with Crippen molar-refractivity contribution in [2.24, 2.45) is 0 Å². The van der Waals surface area contributed by atoms with E-state index < -0.39 is 10.0 Å². The van der Waals surface area contributed by atoms with Crippen molar-refractivity contribution in [3.8, 4) is 0 Å². The van der Waals surface area contributed by atoms with Gasteiger partial charge in [0.1, 0.15) is 0 Å². The van der Waals surface area contributed by atoms with Gasteiger partial charge in [0.05, 0.1) is 0 Å². The first-order chi connectivity index (χ1) is 10.3. The number of rotatable bonds is 6. The third-order valence-corrected chi connectivity index (χ3v) is 5.55. The molecule has 0 bridgehead atoms. The van der Waals surface area contributed by atoms with Crippen molar-refractivity contribution in [3.05, 3.63) is 29.8 Å². The van der Waals surface area contributed by atoms with Gasteiger partial charge in [-0.25, -0.2) is 0 Å². The molecule has 0 aliphatic rings. The third kappa shape index (κ3) is 4.22. The average molecular weight is 492 g/mol. The molecule has 0 saturated heterocycles. The molecule has 5 nitrogen and oxygen atoms in total. The topological polar surface area (TPSA) is 57.7 Å². The van der Waals surface area contributed by atoms with Crippen LogP contribution in [0, 0.1) is 0 Å². The molecule has 0 N–H and O–H groups in total. The van der Waals surface area contributed by atoms with Crippen molar-refractivity contribution in [2.45, 2.75) is 18.2 Å². The van der Waals surface area contributed by atoms with Crippen LogP contribution in [0.3, 0.4) is 0 Å². The number of anilines is 1. The molecule has 1 aromatic carbocycles. The van der Waals surface area contributed by atoms with Gasteiger partial charge in [-0.15, -0.1) is 0 Å². The van der Waals surface area contributed by atoms with Gasteiger partial charge in [-0.3, -0.25) is 0 Å². The second-order valence-electron chi connectivity index (χ2n) is 4.81. The molecule has 0 spiro atoms. The molecular weight excluding hydrogens is 472 g/mol. The Labute approximate surface area is 143 Å². The summed E-state index contributed by atoms with van der Waals surface area (Å²) in [6.07, 6.45) is 4.11. The van der Waals surface area contributed by atoms with Gasteiger partial charge in [-0.1, -0.05) is 0 Å². The van der Waals surface area contributed by atoms with Crippen molar-refractivity contribution in [1.82, 2.24) is 4.31 Å². The van der Waals surface area contributed by atoms with Gasteiger partial charge in [0.15, 0.2) is 0 Å². The van der Waals surface area contributed by atoms with E-state index in [9.17, 15) is 13.2 Å². The normalized spacial score (nSPS) is 11.9. The van der Waals surface area contributed by atoms with Gasteiger partial charge in [0.25, 0.3) is 0 Å². The quantitative estimate of drug-likeness (QED) is 0.608. The van der Waals surface area contributed by atoms with E-state index in [1.807, 2.05) is 16.6 Å². The number of carbonyl (C=O) groups excluding carboxylic acids is 1. The molecule has 0 fully saturated rings. The molecule has 0 atom stereocenters. The van der Waals surface area contributed by atoms with Crippen LogP contribution >= 0.6 is 0 Å². The molecule has 0 radical (unpaired) electrons. The van der Waals surface area contributed by atoms with E-state index in [0.29, 0.717) is 12.1 Å². The molecule has 1 aromatic rings. The number of amides is 1. The average Bonchev–Trinajstić information content (AvgIpc) is 2.50. The van der Waals surface area contributed by atoms with Crippen molar-refractivity contribution in [1.29, 1.82) is 0 Å². The molecule has 0 aromatic heterocycles. The van der Waals surface area contributed by atoms with Crippen molar-refractivity contribution >= 4 is 32.1 Å². The standard InChI is InChI=1S/C15H20N2O3S.W/c1-6-8-12-9-10-13(21(19,20)16(3)4)11-14(12)17(5)15(18)7-2;/h1,6,8-11H,7H2,2-5H3;/b8-6-;. The van der Waals surface area contributed by atoms with Crippen molar-refractivity contribution in [2.75, 3.05) is 26.0 Å². The van der Waals surface area contributed by atoms with E-state index in [1.54, 1.807) is 32.2 Å². The Hall–Kier alpha value is -1.10. The van der Waals surface area contributed by atoms with Crippen LogP contribution in [0.15, 0.2) is 29.2 Å². The van der Waals surface area contributed by atoms with Gasteiger partial charge in [-0.05, 0) is 0 Å². The van der Waals surface area contributed by atoms with Crippen LogP contribution in [0.5, 0.6) is 0 Å². The zero-order valence-corrected chi connectivity index (χ0v) is 16.9. The van der Waals surface area contributed by atoms with Gasteiger partial charge >= 0.3 is 143 Å². The molecule has 120 valence electrons. The fraction of sp³-hybridized carbons (Fsp3) is 0.333. The summed E-state index contributed by atoms with van der Waals surface area (Å²) in [5, 5.41) is 0. The summed E-state index contributed by atoms with van der Waals surface area (Å²) in [5.74, 6) is -0.0693. The molecule has 0 unspecified atom stereocenters. The van der Waals surface area contributed by atoms with Crippen LogP contribution in [0.4, 0.5) is 5.69 Å². The second-order valence-corrected chi connectivity index (χ2v) is 7.94. The van der Waals surface area contributed by atoms with Crippen LogP contribution < -0.4 is 4.90 Å². The van der Waals surface area contributed by atoms with Crippen molar-refractivity contribution < 1.29 is 32.6 Å². The molecule has 22 heavy (non-hydrogen) atoms. The summed E-state index contributed by atoms with van der Waals surface area (Å²) in [5.41, 5.74) is 1.39. The zero-order chi connectivity index (χ0) is 16.9. The maximum absolute atomic E-state index is 12.3. The SMILES string of the molecule is CCC(=O)N(C)c1cc(S(=O)(=O)N(C)C)ccc1/C=C\[CH]=[W]. The van der Waals surface area contributed by atoms with Crippen molar-refractivity contribution in [3.63, 3.8) is 0 Å². The second kappa shape index (κ2) is 7.95. The molecule has 0 heterocycles. The van der Waals surface area contributed by atoms with E-state index in [0.717, 1.165) is 9.87 Å². The first-order valence-electron chi connectivity index (χ1n) is 6.70. The molecule has 1 rings (SSSR count). The Morgan fingerprint density at radius 3 is 2.41 bits per heavy atom. The fourth-order valence-electron chi connectivity index (χ4n) is 1.84. The Kier molecular flexibility index (Phi) is 6.85. The summed E-state index contributed by atoms with van der Waals surface area (Å²) in [4.78, 5) is 13.6. The van der Waals surface area contributed by atoms with Gasteiger partial charge < -0.3 is 0 Å². The van der Waals surface area contributed by atoms with Crippen LogP contribution in [0.25, 0.3) is 6.08 Å². The summed E-state index contributed by atoms with van der Waals surface area (Å²) in [6.45, 7) is 1.78. The van der Waals surface area contributed by atoms with Crippen LogP contribution in [0.2, 0.25) is 0 Å². The third-order valence-electron chi connectivity index (χ3n) is 3.17. The van der Waals surface area contributed by atoms with Gasteiger partial charge in [0.2, 0.25) is 0 Å². The summed E-state index contributed by atoms with van der Waals surface area (Å²) in [7, 11) is 1.09. The molecule has 0 saturated carbocycles. The number of hydrogen-bond acceptors (Lipinski definition) is 3. The van der Waals surface area contributed by atoms with Crippen LogP contribution in [-0.4, -0.2) is 44.2 Å². The number of carbonyl (C=O) groups is 1. The van der Waals surface area contributed by atoms with Gasteiger partial charge in [-0.2, -0.15) is 0 Å². The van der Waals surface area contributed by atoms with Crippen LogP contribution in [0.1, 0.15) is 18.9 Å². The molecular formula is C15H20N2O3SW. The van der Waals surface area contributed by atoms with Gasteiger partial charge in [0, 0.05) is 0 Å². The summed E-state index contributed by atoms with van der Waals surface area (Å²) in [6, 6.07) is 4.83. The predicted octanol–water partition coefficient (Wildman–Crippen LogP) is 1.67. The minimum absolute atomic E-state index is 0.0693. The van der Waals surface area contributed by atoms with E-state index in [2.05, 4.69) is 0 Å². The maximum atomic E-state index is 12.3. The molecule has 7 heteroatoms. The Morgan fingerprint density at radius 1 is 1.27 bits per heavy atom. The predicted molar refractivity (Wildman–Crippen MR) is 86.1 cm³/mol. The van der Waals surface area contributed by atoms with E-state index in [4.69, 9.17) is 0 Å². The zero-order valence-electron chi connectivity index (χ0n) is 13.1. The first kappa shape index (κ1) is 18.9. The summed E-state index contributed by atoms with van der Waals surface area (Å²) < 4.78 is 27.7.